The molecule has 0 aliphatic carbocycles. The molecule has 1 amide bonds. The molecule has 0 spiro atoms. The summed E-state index contributed by atoms with van der Waals surface area (Å²) >= 11 is 0. The quantitative estimate of drug-likeness (QED) is 0.418. The van der Waals surface area contributed by atoms with Crippen molar-refractivity contribution < 1.29 is 23.7 Å². The Hall–Kier alpha value is -2.77. The zero-order valence-corrected chi connectivity index (χ0v) is 18.9. The topological polar surface area (TPSA) is 60.5 Å². The van der Waals surface area contributed by atoms with Gasteiger partial charge in [0.15, 0.2) is 0 Å². The lowest BCUT2D eigenvalue weighted by Crippen LogP contribution is -2.61. The van der Waals surface area contributed by atoms with Crippen LogP contribution in [0.15, 0.2) is 48.5 Å². The molecule has 7 heteroatoms. The summed E-state index contributed by atoms with van der Waals surface area (Å²) in [6.45, 7) is 5.36. The van der Waals surface area contributed by atoms with Gasteiger partial charge in [0.25, 0.3) is 5.91 Å². The van der Waals surface area contributed by atoms with Gasteiger partial charge in [0.05, 0.1) is 27.4 Å². The minimum absolute atomic E-state index is 0.0204. The lowest BCUT2D eigenvalue weighted by Gasteiger charge is -2.47. The Labute approximate surface area is 189 Å². The fraction of sp³-hybridized carbons (Fsp3) is 0.480. The third-order valence-electron chi connectivity index (χ3n) is 6.12. The second kappa shape index (κ2) is 10.7. The van der Waals surface area contributed by atoms with Crippen molar-refractivity contribution in [3.63, 3.8) is 0 Å². The van der Waals surface area contributed by atoms with Crippen molar-refractivity contribution in [3.05, 3.63) is 54.1 Å². The van der Waals surface area contributed by atoms with Crippen LogP contribution in [0.1, 0.15) is 24.4 Å². The van der Waals surface area contributed by atoms with E-state index in [1.165, 1.54) is 0 Å². The monoisotopic (exact) mass is 440 g/mol. The van der Waals surface area contributed by atoms with Crippen LogP contribution in [0, 0.1) is 0 Å². The Morgan fingerprint density at radius 1 is 0.906 bits per heavy atom. The van der Waals surface area contributed by atoms with E-state index in [1.54, 1.807) is 20.3 Å². The van der Waals surface area contributed by atoms with Crippen LogP contribution >= 0.6 is 0 Å². The normalized spacial score (nSPS) is 21.2. The minimum atomic E-state index is -0.562. The number of hydrogen-bond acceptors (Lipinski definition) is 6. The Bertz CT molecular complexity index is 899. The molecule has 2 atom stereocenters. The van der Waals surface area contributed by atoms with Crippen molar-refractivity contribution in [1.29, 1.82) is 0 Å². The maximum absolute atomic E-state index is 13.1. The van der Waals surface area contributed by atoms with Gasteiger partial charge in [0, 0.05) is 25.7 Å². The highest BCUT2D eigenvalue weighted by Gasteiger charge is 2.49. The average molecular weight is 441 g/mol. The van der Waals surface area contributed by atoms with Crippen LogP contribution in [0.25, 0.3) is 0 Å². The molecule has 0 bridgehead atoms. The number of unbranched alkanes of at least 4 members (excludes halogenated alkanes) is 1. The van der Waals surface area contributed by atoms with E-state index >= 15 is 0 Å². The van der Waals surface area contributed by atoms with Crippen LogP contribution in [0.3, 0.4) is 0 Å². The smallest absolute Gasteiger partial charge is 0.266 e. The number of methoxy groups -OCH3 is 2. The molecule has 2 aromatic carbocycles. The van der Waals surface area contributed by atoms with Crippen molar-refractivity contribution in [1.82, 2.24) is 9.80 Å². The van der Waals surface area contributed by atoms with Gasteiger partial charge in [-0.05, 0) is 49.2 Å². The number of benzene rings is 2. The summed E-state index contributed by atoms with van der Waals surface area (Å²) in [6, 6.07) is 15.1. The number of β-lactam (4-membered cyclic amide) rings is 1. The molecule has 2 heterocycles. The molecule has 7 nitrogen and oxygen atoms in total. The highest BCUT2D eigenvalue weighted by molar-refractivity contribution is 5.89. The van der Waals surface area contributed by atoms with Crippen molar-refractivity contribution >= 4 is 5.91 Å². The lowest BCUT2D eigenvalue weighted by molar-refractivity contribution is -0.164. The first-order valence-corrected chi connectivity index (χ1v) is 11.2. The summed E-state index contributed by atoms with van der Waals surface area (Å²) in [5.74, 6) is 2.12. The van der Waals surface area contributed by atoms with Gasteiger partial charge in [-0.1, -0.05) is 18.2 Å². The van der Waals surface area contributed by atoms with E-state index in [2.05, 4.69) is 4.90 Å². The minimum Gasteiger partial charge on any atom is -0.497 e. The third-order valence-corrected chi connectivity index (χ3v) is 6.12. The number of carbonyl (C=O) groups excluding carboxylic acids is 1. The molecular weight excluding hydrogens is 408 g/mol. The van der Waals surface area contributed by atoms with E-state index in [-0.39, 0.29) is 11.9 Å². The van der Waals surface area contributed by atoms with Crippen molar-refractivity contribution in [3.8, 4) is 17.2 Å². The molecule has 2 aliphatic rings. The molecule has 0 saturated carbocycles. The van der Waals surface area contributed by atoms with Crippen LogP contribution in [0.4, 0.5) is 0 Å². The van der Waals surface area contributed by atoms with Gasteiger partial charge in [0.1, 0.15) is 23.3 Å². The number of hydrogen-bond donors (Lipinski definition) is 0. The van der Waals surface area contributed by atoms with E-state index in [0.717, 1.165) is 57.0 Å². The molecule has 2 aliphatic heterocycles. The van der Waals surface area contributed by atoms with Gasteiger partial charge >= 0.3 is 0 Å². The van der Waals surface area contributed by atoms with Crippen molar-refractivity contribution in [2.24, 2.45) is 0 Å². The van der Waals surface area contributed by atoms with Gasteiger partial charge in [-0.15, -0.1) is 0 Å². The van der Waals surface area contributed by atoms with E-state index in [4.69, 9.17) is 18.9 Å². The van der Waals surface area contributed by atoms with E-state index in [1.807, 2.05) is 47.4 Å². The van der Waals surface area contributed by atoms with Gasteiger partial charge in [-0.3, -0.25) is 9.69 Å². The summed E-state index contributed by atoms with van der Waals surface area (Å²) in [5, 5.41) is 0. The molecule has 2 fully saturated rings. The standard InChI is InChI=1S/C25H32N2O5/c1-29-20-8-5-7-19(17-20)23-24(32-22-10-6-9-21(18-22)30-2)25(28)27(23)12-4-3-11-26-13-15-31-16-14-26/h5-10,17-18,23-24H,3-4,11-16H2,1-2H3. The number of nitrogens with zero attached hydrogens (tertiary/aromatic N) is 2. The van der Waals surface area contributed by atoms with E-state index in [0.29, 0.717) is 18.0 Å². The molecule has 2 saturated heterocycles. The summed E-state index contributed by atoms with van der Waals surface area (Å²) < 4.78 is 22.3. The SMILES string of the molecule is COc1cccc(OC2C(=O)N(CCCCN3CCOCC3)C2c2cccc(OC)c2)c1. The summed E-state index contributed by atoms with van der Waals surface area (Å²) in [6.07, 6.45) is 1.44. The Kier molecular flexibility index (Phi) is 7.50. The van der Waals surface area contributed by atoms with Gasteiger partial charge in [0.2, 0.25) is 6.10 Å². The maximum Gasteiger partial charge on any atom is 0.266 e. The lowest BCUT2D eigenvalue weighted by atomic mass is 9.90. The fourth-order valence-electron chi connectivity index (χ4n) is 4.32. The van der Waals surface area contributed by atoms with Crippen LogP contribution in [-0.2, 0) is 9.53 Å². The first kappa shape index (κ1) is 22.4. The zero-order valence-electron chi connectivity index (χ0n) is 18.9. The van der Waals surface area contributed by atoms with Gasteiger partial charge < -0.3 is 23.8 Å². The number of morpholine rings is 1. The molecule has 4 rings (SSSR count). The predicted molar refractivity (Wildman–Crippen MR) is 121 cm³/mol. The second-order valence-corrected chi connectivity index (χ2v) is 8.13. The largest absolute Gasteiger partial charge is 0.497 e. The zero-order chi connectivity index (χ0) is 22.3. The van der Waals surface area contributed by atoms with Gasteiger partial charge in [-0.2, -0.15) is 0 Å². The first-order chi connectivity index (χ1) is 15.7. The molecule has 2 unspecified atom stereocenters. The van der Waals surface area contributed by atoms with Crippen molar-refractivity contribution in [2.75, 3.05) is 53.6 Å². The average Bonchev–Trinajstić information content (AvgIpc) is 2.85. The van der Waals surface area contributed by atoms with Crippen molar-refractivity contribution in [2.45, 2.75) is 25.0 Å². The van der Waals surface area contributed by atoms with Crippen LogP contribution in [-0.4, -0.2) is 75.4 Å². The number of ether oxygens (including phenoxy) is 4. The number of amides is 1. The van der Waals surface area contributed by atoms with Crippen LogP contribution in [0.5, 0.6) is 17.2 Å². The van der Waals surface area contributed by atoms with E-state index < -0.39 is 6.10 Å². The van der Waals surface area contributed by atoms with Gasteiger partial charge in [-0.25, -0.2) is 0 Å². The summed E-state index contributed by atoms with van der Waals surface area (Å²) in [5.41, 5.74) is 1.02. The fourth-order valence-corrected chi connectivity index (χ4v) is 4.32. The number of carbonyl (C=O) groups is 1. The molecule has 32 heavy (non-hydrogen) atoms. The van der Waals surface area contributed by atoms with E-state index in [9.17, 15) is 4.79 Å². The molecule has 0 N–H and O–H groups in total. The summed E-state index contributed by atoms with van der Waals surface area (Å²) in [4.78, 5) is 17.4. The third kappa shape index (κ3) is 5.16. The Morgan fingerprint density at radius 3 is 2.31 bits per heavy atom. The number of rotatable bonds is 10. The molecular formula is C25H32N2O5. The van der Waals surface area contributed by atoms with Crippen LogP contribution < -0.4 is 14.2 Å². The molecule has 2 aromatic rings. The Balaban J connectivity index is 1.43. The summed E-state index contributed by atoms with van der Waals surface area (Å²) in [7, 11) is 3.27. The highest BCUT2D eigenvalue weighted by atomic mass is 16.5. The maximum atomic E-state index is 13.1. The van der Waals surface area contributed by atoms with Crippen LogP contribution in [0.2, 0.25) is 0 Å². The molecule has 0 radical (unpaired) electrons. The second-order valence-electron chi connectivity index (χ2n) is 8.13. The first-order valence-electron chi connectivity index (χ1n) is 11.2. The molecule has 0 aromatic heterocycles. The Morgan fingerprint density at radius 2 is 1.56 bits per heavy atom. The molecule has 172 valence electrons. The predicted octanol–water partition coefficient (Wildman–Crippen LogP) is 3.15. The highest BCUT2D eigenvalue weighted by Crippen LogP contribution is 2.39. The number of likely N-dealkylation sites (tertiary alicyclic amines) is 1.